The minimum absolute atomic E-state index is 0.0279. The molecule has 2 rings (SSSR count). The van der Waals surface area contributed by atoms with E-state index in [9.17, 15) is 10.1 Å². The number of aromatic nitrogens is 4. The monoisotopic (exact) mass is 317 g/mol. The Kier molecular flexibility index (Phi) is 4.77. The molecule has 0 aromatic carbocycles. The van der Waals surface area contributed by atoms with E-state index in [-0.39, 0.29) is 5.82 Å². The third kappa shape index (κ3) is 3.45. The normalized spacial score (nSPS) is 10.8. The van der Waals surface area contributed by atoms with Gasteiger partial charge in [-0.3, -0.25) is 0 Å². The number of rotatable bonds is 6. The van der Waals surface area contributed by atoms with Gasteiger partial charge >= 0.3 is 5.82 Å². The van der Waals surface area contributed by atoms with Gasteiger partial charge in [0, 0.05) is 12.7 Å². The van der Waals surface area contributed by atoms with Gasteiger partial charge in [0.15, 0.2) is 14.5 Å². The summed E-state index contributed by atoms with van der Waals surface area (Å²) in [6.45, 7) is 2.29. The van der Waals surface area contributed by atoms with Crippen molar-refractivity contribution in [2.45, 2.75) is 22.1 Å². The van der Waals surface area contributed by atoms with Gasteiger partial charge < -0.3 is 10.1 Å². The van der Waals surface area contributed by atoms with Gasteiger partial charge in [-0.1, -0.05) is 34.9 Å². The fourth-order valence-corrected chi connectivity index (χ4v) is 3.87. The lowest BCUT2D eigenvalue weighted by molar-refractivity contribution is -0.392. The minimum Gasteiger partial charge on any atom is -0.358 e. The molecule has 0 aliphatic heterocycles. The maximum absolute atomic E-state index is 10.8. The van der Waals surface area contributed by atoms with Gasteiger partial charge in [-0.25, -0.2) is 9.55 Å². The van der Waals surface area contributed by atoms with Crippen LogP contribution in [0.1, 0.15) is 5.82 Å². The highest BCUT2D eigenvalue weighted by molar-refractivity contribution is 8.02. The van der Waals surface area contributed by atoms with E-state index in [2.05, 4.69) is 15.2 Å². The van der Waals surface area contributed by atoms with Crippen molar-refractivity contribution in [3.8, 4) is 0 Å². The van der Waals surface area contributed by atoms with Crippen LogP contribution in [0.2, 0.25) is 0 Å². The lowest BCUT2D eigenvalue weighted by Gasteiger charge is -2.01. The van der Waals surface area contributed by atoms with Crippen molar-refractivity contribution in [2.75, 3.05) is 12.0 Å². The average molecular weight is 317 g/mol. The second-order valence-electron chi connectivity index (χ2n) is 3.46. The first-order valence-corrected chi connectivity index (χ1v) is 8.31. The highest BCUT2D eigenvalue weighted by Crippen LogP contribution is 2.27. The van der Waals surface area contributed by atoms with Crippen LogP contribution in [0.25, 0.3) is 0 Å². The molecule has 2 aromatic heterocycles. The molecule has 0 spiro atoms. The van der Waals surface area contributed by atoms with Gasteiger partial charge in [-0.2, -0.15) is 0 Å². The molecule has 0 unspecified atom stereocenters. The molecule has 0 amide bonds. The molecule has 2 aromatic rings. The van der Waals surface area contributed by atoms with E-state index in [1.807, 2.05) is 6.26 Å². The van der Waals surface area contributed by atoms with E-state index < -0.39 is 4.92 Å². The van der Waals surface area contributed by atoms with Crippen LogP contribution < -0.4 is 0 Å². The second kappa shape index (κ2) is 6.35. The van der Waals surface area contributed by atoms with Crippen molar-refractivity contribution in [1.29, 1.82) is 0 Å². The van der Waals surface area contributed by atoms with E-state index in [0.29, 0.717) is 18.1 Å². The molecule has 0 aliphatic carbocycles. The van der Waals surface area contributed by atoms with Crippen LogP contribution in [-0.4, -0.2) is 36.7 Å². The smallest absolute Gasteiger partial charge is 0.342 e. The summed E-state index contributed by atoms with van der Waals surface area (Å²) in [6.07, 6.45) is 3.24. The summed E-state index contributed by atoms with van der Waals surface area (Å²) in [7, 11) is 0. The van der Waals surface area contributed by atoms with E-state index in [1.54, 1.807) is 35.0 Å². The van der Waals surface area contributed by atoms with Gasteiger partial charge in [0.2, 0.25) is 0 Å². The average Bonchev–Trinajstić information content (AvgIpc) is 2.97. The molecule has 0 saturated heterocycles. The molecular weight excluding hydrogens is 306 g/mol. The molecule has 0 N–H and O–H groups in total. The Hall–Kier alpha value is -1.13. The lowest BCUT2D eigenvalue weighted by Crippen LogP contribution is -2.06. The highest BCUT2D eigenvalue weighted by atomic mass is 32.2. The summed E-state index contributed by atoms with van der Waals surface area (Å²) in [5, 5.41) is 18.9. The number of nitrogens with zero attached hydrogens (tertiary/aromatic N) is 5. The second-order valence-corrected chi connectivity index (χ2v) is 6.83. The maximum atomic E-state index is 10.8. The van der Waals surface area contributed by atoms with Crippen molar-refractivity contribution in [3.63, 3.8) is 0 Å². The first-order valence-electron chi connectivity index (χ1n) is 5.28. The number of aryl methyl sites for hydroxylation is 1. The molecule has 0 bridgehead atoms. The number of nitro groups is 1. The molecule has 7 nitrogen and oxygen atoms in total. The summed E-state index contributed by atoms with van der Waals surface area (Å²) < 4.78 is 3.40. The number of hydrogen-bond acceptors (Lipinski definition) is 8. The Balaban J connectivity index is 1.95. The molecule has 2 heterocycles. The fraction of sp³-hybridized carbons (Fsp3) is 0.444. The molecule has 102 valence electrons. The summed E-state index contributed by atoms with van der Waals surface area (Å²) in [5.41, 5.74) is 0. The van der Waals surface area contributed by atoms with Crippen LogP contribution in [-0.2, 0) is 6.54 Å². The molecular formula is C9H11N5O2S3. The minimum atomic E-state index is -0.415. The van der Waals surface area contributed by atoms with E-state index >= 15 is 0 Å². The van der Waals surface area contributed by atoms with E-state index in [0.717, 1.165) is 8.68 Å². The first kappa shape index (κ1) is 14.3. The van der Waals surface area contributed by atoms with Crippen molar-refractivity contribution in [1.82, 2.24) is 19.7 Å². The van der Waals surface area contributed by atoms with Crippen LogP contribution in [0.5, 0.6) is 0 Å². The van der Waals surface area contributed by atoms with Gasteiger partial charge in [0.1, 0.15) is 12.7 Å². The molecule has 0 aliphatic rings. The van der Waals surface area contributed by atoms with Crippen LogP contribution in [0.15, 0.2) is 14.9 Å². The Morgan fingerprint density at radius 2 is 2.21 bits per heavy atom. The summed E-state index contributed by atoms with van der Waals surface area (Å²) in [6, 6.07) is 0. The Morgan fingerprint density at radius 3 is 2.84 bits per heavy atom. The van der Waals surface area contributed by atoms with Crippen molar-refractivity contribution < 1.29 is 4.92 Å². The van der Waals surface area contributed by atoms with E-state index in [1.165, 1.54) is 17.5 Å². The lowest BCUT2D eigenvalue weighted by atomic mass is 10.6. The molecule has 0 radical (unpaired) electrons. The zero-order valence-corrected chi connectivity index (χ0v) is 12.7. The van der Waals surface area contributed by atoms with Crippen LogP contribution >= 0.6 is 34.9 Å². The molecule has 19 heavy (non-hydrogen) atoms. The van der Waals surface area contributed by atoms with Crippen molar-refractivity contribution >= 4 is 40.7 Å². The summed E-state index contributed by atoms with van der Waals surface area (Å²) in [5.74, 6) is 1.37. The highest BCUT2D eigenvalue weighted by Gasteiger charge is 2.17. The topological polar surface area (TPSA) is 86.7 Å². The van der Waals surface area contributed by atoms with Crippen LogP contribution in [0.4, 0.5) is 5.82 Å². The quantitative estimate of drug-likeness (QED) is 0.459. The summed E-state index contributed by atoms with van der Waals surface area (Å²) in [4.78, 5) is 14.4. The third-order valence-electron chi connectivity index (χ3n) is 2.32. The third-order valence-corrected chi connectivity index (χ3v) is 5.34. The van der Waals surface area contributed by atoms with Gasteiger partial charge in [-0.15, -0.1) is 10.2 Å². The molecule has 0 atom stereocenters. The SMILES string of the molecule is CSc1nnc(SCCn2c([N+](=O)[O-])cnc2C)s1. The maximum Gasteiger partial charge on any atom is 0.342 e. The van der Waals surface area contributed by atoms with Gasteiger partial charge in [0.05, 0.1) is 0 Å². The zero-order valence-electron chi connectivity index (χ0n) is 10.3. The van der Waals surface area contributed by atoms with Crippen molar-refractivity contribution in [3.05, 3.63) is 22.1 Å². The first-order chi connectivity index (χ1) is 9.11. The number of imidazole rings is 1. The Labute approximate surface area is 122 Å². The number of hydrogen-bond donors (Lipinski definition) is 0. The molecule has 10 heteroatoms. The predicted octanol–water partition coefficient (Wildman–Crippen LogP) is 2.47. The predicted molar refractivity (Wildman–Crippen MR) is 76.0 cm³/mol. The van der Waals surface area contributed by atoms with E-state index in [4.69, 9.17) is 0 Å². The van der Waals surface area contributed by atoms with Crippen molar-refractivity contribution in [2.24, 2.45) is 0 Å². The Bertz CT molecular complexity index is 582. The fourth-order valence-electron chi connectivity index (χ4n) is 1.44. The van der Waals surface area contributed by atoms with Gasteiger partial charge in [-0.05, 0) is 11.2 Å². The standard InChI is InChI=1S/C9H11N5O2S3/c1-6-10-5-7(14(15)16)13(6)3-4-18-9-12-11-8(17-2)19-9/h5H,3-4H2,1-2H3. The molecule has 0 saturated carbocycles. The zero-order chi connectivity index (χ0) is 13.8. The largest absolute Gasteiger partial charge is 0.358 e. The molecule has 0 fully saturated rings. The van der Waals surface area contributed by atoms with Crippen LogP contribution in [0, 0.1) is 17.0 Å². The van der Waals surface area contributed by atoms with Gasteiger partial charge in [0.25, 0.3) is 0 Å². The van der Waals surface area contributed by atoms with Crippen LogP contribution in [0.3, 0.4) is 0 Å². The number of thioether (sulfide) groups is 2. The summed E-state index contributed by atoms with van der Waals surface area (Å²) >= 11 is 4.63. The Morgan fingerprint density at radius 1 is 1.47 bits per heavy atom.